The summed E-state index contributed by atoms with van der Waals surface area (Å²) in [5.74, 6) is 0.455. The van der Waals surface area contributed by atoms with Crippen molar-refractivity contribution in [1.29, 1.82) is 0 Å². The number of aryl methyl sites for hydroxylation is 1. The second-order valence-electron chi connectivity index (χ2n) is 8.41. The zero-order valence-electron chi connectivity index (χ0n) is 18.0. The average Bonchev–Trinajstić information content (AvgIpc) is 2.68. The van der Waals surface area contributed by atoms with Crippen LogP contribution in [0, 0.1) is 17.8 Å². The van der Waals surface area contributed by atoms with Crippen LogP contribution in [0.5, 0.6) is 0 Å². The van der Waals surface area contributed by atoms with Crippen molar-refractivity contribution in [2.24, 2.45) is 17.8 Å². The van der Waals surface area contributed by atoms with Crippen molar-refractivity contribution in [3.8, 4) is 0 Å². The van der Waals surface area contributed by atoms with E-state index >= 15 is 0 Å². The minimum Gasteiger partial charge on any atom is -0.429 e. The second kappa shape index (κ2) is 11.8. The van der Waals surface area contributed by atoms with Crippen LogP contribution in [0.3, 0.4) is 0 Å². The molecule has 1 aliphatic rings. The molecule has 0 aliphatic heterocycles. The summed E-state index contributed by atoms with van der Waals surface area (Å²) in [5, 5.41) is 4.36. The molecule has 0 heterocycles. The summed E-state index contributed by atoms with van der Waals surface area (Å²) in [5.41, 5.74) is 1.49. The van der Waals surface area contributed by atoms with Gasteiger partial charge in [-0.05, 0) is 61.1 Å². The number of hydrogen-bond donors (Lipinski definition) is 0. The molecule has 6 heteroatoms. The van der Waals surface area contributed by atoms with E-state index in [1.165, 1.54) is 12.8 Å². The quantitative estimate of drug-likeness (QED) is 0.216. The molecule has 1 aromatic rings. The van der Waals surface area contributed by atoms with E-state index in [0.717, 1.165) is 37.7 Å². The minimum atomic E-state index is -0.992. The average molecular weight is 407 g/mol. The zero-order valence-corrected chi connectivity index (χ0v) is 18.0. The molecule has 0 radical (unpaired) electrons. The van der Waals surface area contributed by atoms with Gasteiger partial charge < -0.3 is 4.74 Å². The topological polar surface area (TPSA) is 71.1 Å². The Kier molecular flexibility index (Phi) is 9.45. The first kappa shape index (κ1) is 23.2. The number of hydrogen-bond acceptors (Lipinski definition) is 6. The molecule has 1 fully saturated rings. The standard InChI is InChI=1S/C23H34O6/c1-5-6-7-8-18-10-12-19(13-11-18)22(24)27-29-28-23(25)26-21-15-17(4)9-14-20(21)16(2)3/h10-13,16-17,20-21H,5-9,14-15H2,1-4H3. The monoisotopic (exact) mass is 406 g/mol. The van der Waals surface area contributed by atoms with Crippen molar-refractivity contribution < 1.29 is 29.1 Å². The summed E-state index contributed by atoms with van der Waals surface area (Å²) >= 11 is 0. The van der Waals surface area contributed by atoms with Gasteiger partial charge in [0.05, 0.1) is 10.6 Å². The van der Waals surface area contributed by atoms with Gasteiger partial charge in [-0.2, -0.15) is 0 Å². The zero-order chi connectivity index (χ0) is 21.2. The van der Waals surface area contributed by atoms with E-state index in [-0.39, 0.29) is 12.0 Å². The Morgan fingerprint density at radius 1 is 1.07 bits per heavy atom. The third-order valence-corrected chi connectivity index (χ3v) is 5.68. The Morgan fingerprint density at radius 3 is 2.45 bits per heavy atom. The summed E-state index contributed by atoms with van der Waals surface area (Å²) in [4.78, 5) is 33.0. The first-order chi connectivity index (χ1) is 13.9. The normalized spacial score (nSPS) is 21.6. The van der Waals surface area contributed by atoms with Crippen molar-refractivity contribution in [3.63, 3.8) is 0 Å². The Labute approximate surface area is 173 Å². The van der Waals surface area contributed by atoms with Crippen LogP contribution in [0.15, 0.2) is 24.3 Å². The molecule has 0 saturated heterocycles. The van der Waals surface area contributed by atoms with E-state index in [9.17, 15) is 9.59 Å². The molecule has 2 rings (SSSR count). The lowest BCUT2D eigenvalue weighted by molar-refractivity contribution is -0.453. The minimum absolute atomic E-state index is 0.217. The molecule has 162 valence electrons. The van der Waals surface area contributed by atoms with Crippen LogP contribution >= 0.6 is 0 Å². The van der Waals surface area contributed by atoms with Gasteiger partial charge in [-0.3, -0.25) is 4.89 Å². The molecule has 1 saturated carbocycles. The molecule has 0 aromatic heterocycles. The van der Waals surface area contributed by atoms with Crippen LogP contribution in [0.25, 0.3) is 0 Å². The predicted octanol–water partition coefficient (Wildman–Crippen LogP) is 6.04. The fourth-order valence-corrected chi connectivity index (χ4v) is 3.90. The molecule has 3 unspecified atom stereocenters. The van der Waals surface area contributed by atoms with E-state index in [4.69, 9.17) is 4.74 Å². The maximum absolute atomic E-state index is 12.0. The highest BCUT2D eigenvalue weighted by Gasteiger charge is 2.34. The SMILES string of the molecule is CCCCCc1ccc(C(=O)OOOC(=O)OC2CC(C)CCC2C(C)C)cc1. The van der Waals surface area contributed by atoms with Crippen LogP contribution in [-0.2, 0) is 26.0 Å². The van der Waals surface area contributed by atoms with Crippen molar-refractivity contribution in [1.82, 2.24) is 0 Å². The summed E-state index contributed by atoms with van der Waals surface area (Å²) in [7, 11) is 0. The number of ether oxygens (including phenoxy) is 1. The van der Waals surface area contributed by atoms with E-state index in [1.807, 2.05) is 12.1 Å². The maximum Gasteiger partial charge on any atom is 0.543 e. The molecule has 6 nitrogen and oxygen atoms in total. The summed E-state index contributed by atoms with van der Waals surface area (Å²) in [6, 6.07) is 7.11. The lowest BCUT2D eigenvalue weighted by Gasteiger charge is -2.36. The first-order valence-electron chi connectivity index (χ1n) is 10.8. The molecule has 1 aliphatic carbocycles. The number of rotatable bonds is 9. The summed E-state index contributed by atoms with van der Waals surface area (Å²) in [6.07, 6.45) is 6.18. The highest BCUT2D eigenvalue weighted by Crippen LogP contribution is 2.35. The molecule has 0 N–H and O–H groups in total. The number of unbranched alkanes of at least 4 members (excludes halogenated alkanes) is 2. The molecule has 0 amide bonds. The Balaban J connectivity index is 1.74. The van der Waals surface area contributed by atoms with Crippen molar-refractivity contribution in [2.45, 2.75) is 78.7 Å². The number of benzene rings is 1. The van der Waals surface area contributed by atoms with Gasteiger partial charge in [0.1, 0.15) is 6.10 Å². The summed E-state index contributed by atoms with van der Waals surface area (Å²) in [6.45, 7) is 8.55. The van der Waals surface area contributed by atoms with Crippen LogP contribution in [0.2, 0.25) is 0 Å². The molecule has 0 spiro atoms. The van der Waals surface area contributed by atoms with Gasteiger partial charge >= 0.3 is 12.1 Å². The van der Waals surface area contributed by atoms with Gasteiger partial charge in [0.25, 0.3) is 0 Å². The van der Waals surface area contributed by atoms with E-state index < -0.39 is 12.1 Å². The van der Waals surface area contributed by atoms with Crippen LogP contribution in [-0.4, -0.2) is 18.2 Å². The molecule has 29 heavy (non-hydrogen) atoms. The van der Waals surface area contributed by atoms with Crippen LogP contribution in [0.4, 0.5) is 4.79 Å². The van der Waals surface area contributed by atoms with E-state index in [0.29, 0.717) is 17.4 Å². The van der Waals surface area contributed by atoms with Crippen molar-refractivity contribution in [2.75, 3.05) is 0 Å². The fourth-order valence-electron chi connectivity index (χ4n) is 3.90. The molecule has 1 aromatic carbocycles. The Bertz CT molecular complexity index is 639. The molecular weight excluding hydrogens is 372 g/mol. The van der Waals surface area contributed by atoms with Crippen LogP contribution < -0.4 is 0 Å². The lowest BCUT2D eigenvalue weighted by atomic mass is 9.75. The number of carbonyl (C=O) groups is 2. The van der Waals surface area contributed by atoms with Crippen molar-refractivity contribution in [3.05, 3.63) is 35.4 Å². The van der Waals surface area contributed by atoms with E-state index in [2.05, 4.69) is 42.5 Å². The van der Waals surface area contributed by atoms with Crippen LogP contribution in [0.1, 0.15) is 82.1 Å². The molecule has 0 bridgehead atoms. The van der Waals surface area contributed by atoms with Crippen molar-refractivity contribution >= 4 is 12.1 Å². The predicted molar refractivity (Wildman–Crippen MR) is 109 cm³/mol. The number of carbonyl (C=O) groups excluding carboxylic acids is 2. The highest BCUT2D eigenvalue weighted by molar-refractivity contribution is 5.88. The lowest BCUT2D eigenvalue weighted by Crippen LogP contribution is -2.36. The second-order valence-corrected chi connectivity index (χ2v) is 8.41. The summed E-state index contributed by atoms with van der Waals surface area (Å²) < 4.78 is 5.41. The highest BCUT2D eigenvalue weighted by atomic mass is 17.5. The first-order valence-corrected chi connectivity index (χ1v) is 10.8. The van der Waals surface area contributed by atoms with E-state index in [1.54, 1.807) is 12.1 Å². The van der Waals surface area contributed by atoms with Gasteiger partial charge in [0.2, 0.25) is 0 Å². The maximum atomic E-state index is 12.0. The fraction of sp³-hybridized carbons (Fsp3) is 0.652. The Morgan fingerprint density at radius 2 is 1.79 bits per heavy atom. The van der Waals surface area contributed by atoms with Gasteiger partial charge in [0.15, 0.2) is 0 Å². The largest absolute Gasteiger partial charge is 0.543 e. The van der Waals surface area contributed by atoms with Gasteiger partial charge in [0, 0.05) is 0 Å². The smallest absolute Gasteiger partial charge is 0.429 e. The van der Waals surface area contributed by atoms with Gasteiger partial charge in [-0.25, -0.2) is 14.5 Å². The molecular formula is C23H34O6. The third-order valence-electron chi connectivity index (χ3n) is 5.68. The van der Waals surface area contributed by atoms with Gasteiger partial charge in [-0.15, -0.1) is 0 Å². The Hall–Kier alpha value is -2.08. The molecule has 3 atom stereocenters. The van der Waals surface area contributed by atoms with Gasteiger partial charge in [-0.1, -0.05) is 59.1 Å². The third kappa shape index (κ3) is 7.69.